The molecule has 9 heavy (non-hydrogen) atoms. The van der Waals surface area contributed by atoms with E-state index < -0.39 is 0 Å². The highest BCUT2D eigenvalue weighted by molar-refractivity contribution is 7.80. The fourth-order valence-electron chi connectivity index (χ4n) is 0.506. The Balaban J connectivity index is 3.43. The lowest BCUT2D eigenvalue weighted by Crippen LogP contribution is -1.99. The minimum absolute atomic E-state index is 0.0953. The van der Waals surface area contributed by atoms with Crippen LogP contribution < -0.4 is 5.43 Å². The lowest BCUT2D eigenvalue weighted by atomic mass is 10.4. The van der Waals surface area contributed by atoms with Gasteiger partial charge in [0.15, 0.2) is 5.43 Å². The van der Waals surface area contributed by atoms with Crippen LogP contribution in [0.5, 0.6) is 0 Å². The molecule has 0 aromatic carbocycles. The molecule has 0 aliphatic rings. The highest BCUT2D eigenvalue weighted by atomic mass is 32.1. The minimum atomic E-state index is -0.0953. The van der Waals surface area contributed by atoms with E-state index in [0.717, 1.165) is 0 Å². The van der Waals surface area contributed by atoms with Crippen LogP contribution in [0.3, 0.4) is 0 Å². The third-order valence-corrected chi connectivity index (χ3v) is 1.57. The standard InChI is InChI=1S/C6H6O2S/c1-4-6(9)5(7)2-3-8-4/h2-3,9H,1H3. The predicted molar refractivity (Wildman–Crippen MR) is 37.0 cm³/mol. The molecular formula is C6H6O2S. The molecule has 48 valence electrons. The third kappa shape index (κ3) is 1.16. The predicted octanol–water partition coefficient (Wildman–Crippen LogP) is 1.24. The molecule has 0 atom stereocenters. The van der Waals surface area contributed by atoms with Gasteiger partial charge in [-0.15, -0.1) is 12.6 Å². The van der Waals surface area contributed by atoms with Crippen molar-refractivity contribution in [3.8, 4) is 0 Å². The van der Waals surface area contributed by atoms with E-state index in [0.29, 0.717) is 10.7 Å². The highest BCUT2D eigenvalue weighted by Gasteiger charge is 1.96. The SMILES string of the molecule is Cc1occc(=O)c1S. The summed E-state index contributed by atoms with van der Waals surface area (Å²) in [5.74, 6) is 0.561. The van der Waals surface area contributed by atoms with E-state index in [-0.39, 0.29) is 5.43 Å². The van der Waals surface area contributed by atoms with Crippen molar-refractivity contribution in [2.24, 2.45) is 0 Å². The van der Waals surface area contributed by atoms with Crippen molar-refractivity contribution in [1.82, 2.24) is 0 Å². The molecule has 0 saturated carbocycles. The van der Waals surface area contributed by atoms with Crippen molar-refractivity contribution in [1.29, 1.82) is 0 Å². The quantitative estimate of drug-likeness (QED) is 0.552. The molecule has 0 unspecified atom stereocenters. The first-order chi connectivity index (χ1) is 4.22. The maximum atomic E-state index is 10.7. The van der Waals surface area contributed by atoms with Gasteiger partial charge in [-0.3, -0.25) is 4.79 Å². The zero-order chi connectivity index (χ0) is 6.85. The molecule has 0 aliphatic heterocycles. The number of hydrogen-bond donors (Lipinski definition) is 1. The summed E-state index contributed by atoms with van der Waals surface area (Å²) in [6.07, 6.45) is 1.36. The van der Waals surface area contributed by atoms with Crippen LogP contribution >= 0.6 is 12.6 Å². The molecule has 0 radical (unpaired) electrons. The Morgan fingerprint density at radius 1 is 1.67 bits per heavy atom. The molecule has 0 spiro atoms. The van der Waals surface area contributed by atoms with E-state index in [2.05, 4.69) is 12.6 Å². The molecule has 0 N–H and O–H groups in total. The molecule has 0 bridgehead atoms. The van der Waals surface area contributed by atoms with E-state index in [1.54, 1.807) is 6.92 Å². The lowest BCUT2D eigenvalue weighted by molar-refractivity contribution is 0.499. The van der Waals surface area contributed by atoms with E-state index in [1.165, 1.54) is 12.3 Å². The largest absolute Gasteiger partial charge is 0.468 e. The zero-order valence-corrected chi connectivity index (χ0v) is 5.81. The molecule has 1 aromatic heterocycles. The van der Waals surface area contributed by atoms with E-state index in [9.17, 15) is 4.79 Å². The Bertz CT molecular complexity index is 264. The maximum absolute atomic E-state index is 10.7. The van der Waals surface area contributed by atoms with Crippen molar-refractivity contribution < 1.29 is 4.42 Å². The van der Waals surface area contributed by atoms with Gasteiger partial charge in [-0.2, -0.15) is 0 Å². The van der Waals surface area contributed by atoms with Crippen molar-refractivity contribution in [2.45, 2.75) is 11.8 Å². The average Bonchev–Trinajstić information content (AvgIpc) is 1.83. The van der Waals surface area contributed by atoms with E-state index >= 15 is 0 Å². The van der Waals surface area contributed by atoms with E-state index in [1.807, 2.05) is 0 Å². The Morgan fingerprint density at radius 2 is 2.33 bits per heavy atom. The van der Waals surface area contributed by atoms with E-state index in [4.69, 9.17) is 4.42 Å². The van der Waals surface area contributed by atoms with Crippen LogP contribution in [0.2, 0.25) is 0 Å². The summed E-state index contributed by atoms with van der Waals surface area (Å²) in [6.45, 7) is 1.70. The summed E-state index contributed by atoms with van der Waals surface area (Å²) < 4.78 is 4.86. The molecule has 0 amide bonds. The molecule has 0 aliphatic carbocycles. The monoisotopic (exact) mass is 142 g/mol. The zero-order valence-electron chi connectivity index (χ0n) is 4.92. The Hall–Kier alpha value is -0.700. The maximum Gasteiger partial charge on any atom is 0.198 e. The van der Waals surface area contributed by atoms with Crippen molar-refractivity contribution in [3.05, 3.63) is 28.3 Å². The molecule has 2 nitrogen and oxygen atoms in total. The Kier molecular flexibility index (Phi) is 1.62. The average molecular weight is 142 g/mol. The van der Waals surface area contributed by atoms with Crippen LogP contribution in [0.15, 0.2) is 26.4 Å². The summed E-state index contributed by atoms with van der Waals surface area (Å²) in [7, 11) is 0. The normalized spacial score (nSPS) is 9.56. The second-order valence-corrected chi connectivity index (χ2v) is 2.14. The first-order valence-electron chi connectivity index (χ1n) is 2.49. The highest BCUT2D eigenvalue weighted by Crippen LogP contribution is 2.04. The molecule has 1 aromatic rings. The number of aryl methyl sites for hydroxylation is 1. The molecule has 1 rings (SSSR count). The fraction of sp³-hybridized carbons (Fsp3) is 0.167. The molecule has 3 heteroatoms. The summed E-state index contributed by atoms with van der Waals surface area (Å²) in [5.41, 5.74) is -0.0953. The van der Waals surface area contributed by atoms with Gasteiger partial charge in [-0.25, -0.2) is 0 Å². The second-order valence-electron chi connectivity index (χ2n) is 1.69. The van der Waals surface area contributed by atoms with Crippen LogP contribution in [-0.2, 0) is 0 Å². The van der Waals surface area contributed by atoms with Crippen LogP contribution in [0.25, 0.3) is 0 Å². The summed E-state index contributed by atoms with van der Waals surface area (Å²) in [5, 5.41) is 0. The molecule has 0 saturated heterocycles. The van der Waals surface area contributed by atoms with Crippen LogP contribution in [0, 0.1) is 6.92 Å². The first-order valence-corrected chi connectivity index (χ1v) is 2.94. The van der Waals surface area contributed by atoms with Gasteiger partial charge in [-0.05, 0) is 6.92 Å². The number of rotatable bonds is 0. The van der Waals surface area contributed by atoms with Gasteiger partial charge >= 0.3 is 0 Å². The molecular weight excluding hydrogens is 136 g/mol. The van der Waals surface area contributed by atoms with Crippen molar-refractivity contribution in [3.63, 3.8) is 0 Å². The minimum Gasteiger partial charge on any atom is -0.468 e. The fourth-order valence-corrected chi connectivity index (χ4v) is 0.633. The van der Waals surface area contributed by atoms with Gasteiger partial charge in [0.05, 0.1) is 11.2 Å². The summed E-state index contributed by atoms with van der Waals surface area (Å²) >= 11 is 3.90. The van der Waals surface area contributed by atoms with Gasteiger partial charge in [0.1, 0.15) is 5.76 Å². The van der Waals surface area contributed by atoms with Gasteiger partial charge in [0.25, 0.3) is 0 Å². The Morgan fingerprint density at radius 3 is 2.78 bits per heavy atom. The summed E-state index contributed by atoms with van der Waals surface area (Å²) in [6, 6.07) is 1.34. The van der Waals surface area contributed by atoms with Crippen LogP contribution in [0.4, 0.5) is 0 Å². The van der Waals surface area contributed by atoms with Crippen molar-refractivity contribution >= 4 is 12.6 Å². The number of thiol groups is 1. The van der Waals surface area contributed by atoms with Gasteiger partial charge in [0.2, 0.25) is 0 Å². The third-order valence-electron chi connectivity index (χ3n) is 1.03. The smallest absolute Gasteiger partial charge is 0.198 e. The van der Waals surface area contributed by atoms with Crippen LogP contribution in [-0.4, -0.2) is 0 Å². The lowest BCUT2D eigenvalue weighted by Gasteiger charge is -1.91. The first kappa shape index (κ1) is 6.42. The Labute approximate surface area is 57.9 Å². The van der Waals surface area contributed by atoms with Crippen molar-refractivity contribution in [2.75, 3.05) is 0 Å². The molecule has 1 heterocycles. The second kappa shape index (κ2) is 2.27. The van der Waals surface area contributed by atoms with Crippen LogP contribution in [0.1, 0.15) is 5.76 Å². The molecule has 0 fully saturated rings. The summed E-state index contributed by atoms with van der Waals surface area (Å²) in [4.78, 5) is 11.1. The van der Waals surface area contributed by atoms with Gasteiger partial charge < -0.3 is 4.42 Å². The van der Waals surface area contributed by atoms with Gasteiger partial charge in [0, 0.05) is 6.07 Å². The topological polar surface area (TPSA) is 30.2 Å². The van der Waals surface area contributed by atoms with Gasteiger partial charge in [-0.1, -0.05) is 0 Å². The number of hydrogen-bond acceptors (Lipinski definition) is 3.